The highest BCUT2D eigenvalue weighted by Crippen LogP contribution is 2.22. The number of aliphatic carboxylic acids is 1. The first-order valence-electron chi connectivity index (χ1n) is 19.1. The molecule has 0 saturated carbocycles. The third kappa shape index (κ3) is 12.8. The summed E-state index contributed by atoms with van der Waals surface area (Å²) in [6.07, 6.45) is -2.77. The van der Waals surface area contributed by atoms with Gasteiger partial charge in [0.15, 0.2) is 0 Å². The van der Waals surface area contributed by atoms with E-state index in [1.165, 1.54) is 32.6 Å². The van der Waals surface area contributed by atoms with Crippen molar-refractivity contribution in [3.8, 4) is 0 Å². The summed E-state index contributed by atoms with van der Waals surface area (Å²) >= 11 is 0. The molecule has 11 N–H and O–H groups in total. The molecular formula is C36H62N8O12. The fourth-order valence-electron chi connectivity index (χ4n) is 6.72. The zero-order valence-corrected chi connectivity index (χ0v) is 33.5. The second-order valence-corrected chi connectivity index (χ2v) is 15.6. The summed E-state index contributed by atoms with van der Waals surface area (Å²) in [5, 5.41) is 52.8. The molecule has 2 aliphatic rings. The molecule has 0 radical (unpaired) electrons. The number of carboxylic acids is 1. The number of hydrogen-bond acceptors (Lipinski definition) is 12. The molecule has 2 saturated heterocycles. The van der Waals surface area contributed by atoms with Crippen LogP contribution in [0.4, 0.5) is 0 Å². The monoisotopic (exact) mass is 798 g/mol. The normalized spacial score (nSPS) is 21.8. The fourth-order valence-corrected chi connectivity index (χ4v) is 6.72. The second kappa shape index (κ2) is 21.2. The molecule has 11 atom stereocenters. The van der Waals surface area contributed by atoms with E-state index in [4.69, 9.17) is 5.73 Å². The minimum atomic E-state index is -1.64. The highest BCUT2D eigenvalue weighted by molar-refractivity contribution is 5.98. The highest BCUT2D eigenvalue weighted by atomic mass is 16.4. The largest absolute Gasteiger partial charge is 0.480 e. The molecule has 0 unspecified atom stereocenters. The van der Waals surface area contributed by atoms with Crippen LogP contribution in [-0.4, -0.2) is 157 Å². The third-order valence-corrected chi connectivity index (χ3v) is 9.87. The van der Waals surface area contributed by atoms with Crippen molar-refractivity contribution in [2.75, 3.05) is 13.1 Å². The molecule has 2 aliphatic heterocycles. The number of aliphatic hydroxyl groups excluding tert-OH is 3. The van der Waals surface area contributed by atoms with Crippen LogP contribution in [0.1, 0.15) is 87.5 Å². The molecule has 7 amide bonds. The summed E-state index contributed by atoms with van der Waals surface area (Å²) in [6, 6.07) is -10.3. The van der Waals surface area contributed by atoms with Crippen LogP contribution in [0.2, 0.25) is 0 Å². The topological polar surface area (TPSA) is 310 Å². The SMILES string of the molecule is CC(C)C[C@H](N)C(=O)N[C@H](C(=O)N[C@H](C(=O)N[C@H](C(=O)N1CCC[C@H]1C(=O)N[C@H](C(=O)N[C@@H](C)C(=O)N1CCC[C@H]1C(=O)O)[C@@H](C)O)C(C)C)[C@@H](C)O)[C@@H](C)O. The Bertz CT molecular complexity index is 1440. The number of nitrogens with one attached hydrogen (secondary N) is 5. The molecule has 56 heavy (non-hydrogen) atoms. The zero-order valence-electron chi connectivity index (χ0n) is 33.5. The number of nitrogens with two attached hydrogens (primary N) is 1. The van der Waals surface area contributed by atoms with E-state index < -0.39 is 120 Å². The van der Waals surface area contributed by atoms with Crippen LogP contribution in [0.5, 0.6) is 0 Å². The lowest BCUT2D eigenvalue weighted by Crippen LogP contribution is -2.63. The minimum absolute atomic E-state index is 0.0666. The molecule has 318 valence electrons. The van der Waals surface area contributed by atoms with Gasteiger partial charge in [0.05, 0.1) is 24.4 Å². The maximum Gasteiger partial charge on any atom is 0.326 e. The van der Waals surface area contributed by atoms with Gasteiger partial charge in [-0.1, -0.05) is 27.7 Å². The van der Waals surface area contributed by atoms with Crippen molar-refractivity contribution in [3.05, 3.63) is 0 Å². The Morgan fingerprint density at radius 2 is 1.00 bits per heavy atom. The summed E-state index contributed by atoms with van der Waals surface area (Å²) < 4.78 is 0. The maximum atomic E-state index is 14.0. The van der Waals surface area contributed by atoms with Gasteiger partial charge in [0.1, 0.15) is 42.3 Å². The Morgan fingerprint density at radius 3 is 1.45 bits per heavy atom. The fraction of sp³-hybridized carbons (Fsp3) is 0.778. The average Bonchev–Trinajstić information content (AvgIpc) is 3.80. The lowest BCUT2D eigenvalue weighted by Gasteiger charge is -2.33. The zero-order chi connectivity index (χ0) is 42.8. The molecule has 0 aromatic carbocycles. The van der Waals surface area contributed by atoms with Crippen molar-refractivity contribution in [1.29, 1.82) is 0 Å². The number of amides is 7. The second-order valence-electron chi connectivity index (χ2n) is 15.6. The van der Waals surface area contributed by atoms with Crippen molar-refractivity contribution in [1.82, 2.24) is 36.4 Å². The number of carbonyl (C=O) groups excluding carboxylic acids is 7. The third-order valence-electron chi connectivity index (χ3n) is 9.87. The molecular weight excluding hydrogens is 736 g/mol. The standard InChI is InChI=1S/C36H62N8O12/c1-16(2)15-22(37)29(48)40-27(20(7)46)33(52)42-28(21(8)47)32(51)39-25(17(3)4)35(54)43-13-9-11-23(43)30(49)41-26(19(6)45)31(50)38-18(5)34(53)44-14-10-12-24(44)36(55)56/h16-28,45-47H,9-15,37H2,1-8H3,(H,38,50)(H,39,51)(H,40,48)(H,41,49)(H,42,52)(H,55,56)/t18-,19+,20+,21+,22-,23-,24-,25-,26-,27-,28-/m0/s1. The molecule has 20 heteroatoms. The van der Waals surface area contributed by atoms with E-state index in [-0.39, 0.29) is 31.8 Å². The van der Waals surface area contributed by atoms with Crippen LogP contribution in [0.15, 0.2) is 0 Å². The Kier molecular flexibility index (Phi) is 18.1. The Balaban J connectivity index is 2.17. The van der Waals surface area contributed by atoms with E-state index in [1.807, 2.05) is 13.8 Å². The molecule has 0 aliphatic carbocycles. The predicted octanol–water partition coefficient (Wildman–Crippen LogP) is -3.33. The van der Waals surface area contributed by atoms with Crippen molar-refractivity contribution >= 4 is 47.3 Å². The summed E-state index contributed by atoms with van der Waals surface area (Å²) in [6.45, 7) is 12.3. The average molecular weight is 799 g/mol. The first-order chi connectivity index (χ1) is 26.0. The van der Waals surface area contributed by atoms with Crippen LogP contribution < -0.4 is 32.3 Å². The van der Waals surface area contributed by atoms with E-state index in [0.717, 1.165) is 4.90 Å². The first kappa shape index (κ1) is 47.8. The van der Waals surface area contributed by atoms with E-state index in [0.29, 0.717) is 19.3 Å². The predicted molar refractivity (Wildman–Crippen MR) is 200 cm³/mol. The van der Waals surface area contributed by atoms with Crippen LogP contribution in [0.25, 0.3) is 0 Å². The Labute approximate surface area is 327 Å². The van der Waals surface area contributed by atoms with E-state index >= 15 is 0 Å². The van der Waals surface area contributed by atoms with Crippen molar-refractivity contribution in [3.63, 3.8) is 0 Å². The number of rotatable bonds is 19. The van der Waals surface area contributed by atoms with Crippen LogP contribution in [-0.2, 0) is 38.4 Å². The molecule has 2 heterocycles. The number of carbonyl (C=O) groups is 8. The van der Waals surface area contributed by atoms with Crippen LogP contribution in [0.3, 0.4) is 0 Å². The van der Waals surface area contributed by atoms with Gasteiger partial charge in [-0.15, -0.1) is 0 Å². The summed E-state index contributed by atoms with van der Waals surface area (Å²) in [4.78, 5) is 107. The number of hydrogen-bond donors (Lipinski definition) is 10. The van der Waals surface area contributed by atoms with Gasteiger partial charge >= 0.3 is 5.97 Å². The van der Waals surface area contributed by atoms with Crippen molar-refractivity contribution in [2.24, 2.45) is 17.6 Å². The summed E-state index contributed by atoms with van der Waals surface area (Å²) in [7, 11) is 0. The van der Waals surface area contributed by atoms with Crippen LogP contribution >= 0.6 is 0 Å². The number of carboxylic acid groups (broad SMARTS) is 1. The molecule has 2 rings (SSSR count). The molecule has 0 aromatic rings. The van der Waals surface area contributed by atoms with Crippen molar-refractivity contribution < 1.29 is 58.8 Å². The van der Waals surface area contributed by atoms with E-state index in [2.05, 4.69) is 26.6 Å². The van der Waals surface area contributed by atoms with E-state index in [1.54, 1.807) is 13.8 Å². The number of nitrogens with zero attached hydrogens (tertiary/aromatic N) is 2. The lowest BCUT2D eigenvalue weighted by molar-refractivity contribution is -0.149. The van der Waals surface area contributed by atoms with Gasteiger partial charge in [-0.2, -0.15) is 0 Å². The van der Waals surface area contributed by atoms with Gasteiger partial charge < -0.3 is 62.5 Å². The molecule has 0 bridgehead atoms. The summed E-state index contributed by atoms with van der Waals surface area (Å²) in [5.74, 6) is -7.35. The molecule has 0 aromatic heterocycles. The lowest BCUT2D eigenvalue weighted by atomic mass is 10.0. The van der Waals surface area contributed by atoms with Gasteiger partial charge in [-0.25, -0.2) is 4.79 Å². The number of likely N-dealkylation sites (tertiary alicyclic amines) is 2. The maximum absolute atomic E-state index is 14.0. The van der Waals surface area contributed by atoms with Crippen molar-refractivity contribution in [2.45, 2.75) is 154 Å². The molecule has 0 spiro atoms. The smallest absolute Gasteiger partial charge is 0.326 e. The van der Waals surface area contributed by atoms with Gasteiger partial charge in [0.2, 0.25) is 41.4 Å². The Morgan fingerprint density at radius 1 is 0.589 bits per heavy atom. The number of aliphatic hydroxyl groups is 3. The van der Waals surface area contributed by atoms with Crippen LogP contribution in [0, 0.1) is 11.8 Å². The summed E-state index contributed by atoms with van der Waals surface area (Å²) in [5.41, 5.74) is 5.92. The highest BCUT2D eigenvalue weighted by Gasteiger charge is 2.42. The first-order valence-corrected chi connectivity index (χ1v) is 19.1. The molecule has 2 fully saturated rings. The molecule has 20 nitrogen and oxygen atoms in total. The van der Waals surface area contributed by atoms with Gasteiger partial charge in [0.25, 0.3) is 0 Å². The van der Waals surface area contributed by atoms with Gasteiger partial charge in [-0.05, 0) is 71.6 Å². The van der Waals surface area contributed by atoms with E-state index in [9.17, 15) is 58.8 Å². The Hall–Kier alpha value is -4.40. The van der Waals surface area contributed by atoms with Gasteiger partial charge in [0, 0.05) is 13.1 Å². The quantitative estimate of drug-likeness (QED) is 0.0613. The minimum Gasteiger partial charge on any atom is -0.480 e. The van der Waals surface area contributed by atoms with Gasteiger partial charge in [-0.3, -0.25) is 33.6 Å².